The maximum absolute atomic E-state index is 13.4. The summed E-state index contributed by atoms with van der Waals surface area (Å²) >= 11 is 0.880. The number of anilines is 1. The maximum atomic E-state index is 13.4. The van der Waals surface area contributed by atoms with E-state index in [-0.39, 0.29) is 16.2 Å². The highest BCUT2D eigenvalue weighted by Crippen LogP contribution is 2.23. The SMILES string of the molecule is NC(=O)c1cccc(NC(=O)CSc2cc(F)ccc2F)c1. The Balaban J connectivity index is 1.97. The highest BCUT2D eigenvalue weighted by atomic mass is 32.2. The molecule has 0 spiro atoms. The van der Waals surface area contributed by atoms with Gasteiger partial charge in [-0.15, -0.1) is 11.8 Å². The van der Waals surface area contributed by atoms with Gasteiger partial charge in [0.05, 0.1) is 5.75 Å². The van der Waals surface area contributed by atoms with Crippen LogP contribution in [0.4, 0.5) is 14.5 Å². The third kappa shape index (κ3) is 4.29. The number of nitrogens with two attached hydrogens (primary N) is 1. The van der Waals surface area contributed by atoms with Crippen LogP contribution < -0.4 is 11.1 Å². The maximum Gasteiger partial charge on any atom is 0.248 e. The molecular weight excluding hydrogens is 310 g/mol. The lowest BCUT2D eigenvalue weighted by Crippen LogP contribution is -2.15. The quantitative estimate of drug-likeness (QED) is 0.832. The third-order valence-corrected chi connectivity index (χ3v) is 3.71. The summed E-state index contributed by atoms with van der Waals surface area (Å²) in [5, 5.41) is 2.56. The molecule has 0 aromatic heterocycles. The van der Waals surface area contributed by atoms with Crippen molar-refractivity contribution in [1.82, 2.24) is 0 Å². The van der Waals surface area contributed by atoms with Crippen LogP contribution in [0.15, 0.2) is 47.4 Å². The molecule has 3 N–H and O–H groups in total. The Morgan fingerprint density at radius 1 is 1.14 bits per heavy atom. The lowest BCUT2D eigenvalue weighted by atomic mass is 10.2. The van der Waals surface area contributed by atoms with Gasteiger partial charge in [-0.25, -0.2) is 8.78 Å². The first kappa shape index (κ1) is 16.0. The number of carbonyl (C=O) groups excluding carboxylic acids is 2. The van der Waals surface area contributed by atoms with Crippen molar-refractivity contribution in [2.24, 2.45) is 5.73 Å². The van der Waals surface area contributed by atoms with Gasteiger partial charge in [-0.1, -0.05) is 6.07 Å². The highest BCUT2D eigenvalue weighted by Gasteiger charge is 2.09. The number of halogens is 2. The molecule has 0 aliphatic rings. The molecule has 0 bridgehead atoms. The predicted octanol–water partition coefficient (Wildman–Crippen LogP) is 2.79. The Labute approximate surface area is 129 Å². The van der Waals surface area contributed by atoms with Gasteiger partial charge < -0.3 is 11.1 Å². The van der Waals surface area contributed by atoms with E-state index in [9.17, 15) is 18.4 Å². The van der Waals surface area contributed by atoms with E-state index in [2.05, 4.69) is 5.32 Å². The molecule has 2 amide bonds. The molecule has 0 aliphatic heterocycles. The van der Waals surface area contributed by atoms with E-state index in [0.29, 0.717) is 5.69 Å². The molecule has 0 unspecified atom stereocenters. The Morgan fingerprint density at radius 2 is 1.91 bits per heavy atom. The number of nitrogens with one attached hydrogen (secondary N) is 1. The second kappa shape index (κ2) is 7.04. The molecular formula is C15H12F2N2O2S. The monoisotopic (exact) mass is 322 g/mol. The second-order valence-electron chi connectivity index (χ2n) is 4.36. The van der Waals surface area contributed by atoms with Crippen molar-refractivity contribution < 1.29 is 18.4 Å². The van der Waals surface area contributed by atoms with Crippen LogP contribution in [0.25, 0.3) is 0 Å². The van der Waals surface area contributed by atoms with E-state index < -0.39 is 23.4 Å². The van der Waals surface area contributed by atoms with Gasteiger partial charge in [0.15, 0.2) is 0 Å². The van der Waals surface area contributed by atoms with Gasteiger partial charge in [0, 0.05) is 16.1 Å². The summed E-state index contributed by atoms with van der Waals surface area (Å²) < 4.78 is 26.4. The fourth-order valence-electron chi connectivity index (χ4n) is 1.68. The summed E-state index contributed by atoms with van der Waals surface area (Å²) in [6, 6.07) is 9.18. The number of carbonyl (C=O) groups is 2. The van der Waals surface area contributed by atoms with Gasteiger partial charge in [0.2, 0.25) is 11.8 Å². The van der Waals surface area contributed by atoms with Crippen LogP contribution in [0.5, 0.6) is 0 Å². The molecule has 0 fully saturated rings. The number of hydrogen-bond donors (Lipinski definition) is 2. The largest absolute Gasteiger partial charge is 0.366 e. The van der Waals surface area contributed by atoms with Gasteiger partial charge in [0.1, 0.15) is 11.6 Å². The summed E-state index contributed by atoms with van der Waals surface area (Å²) in [6.45, 7) is 0. The minimum absolute atomic E-state index is 0.0565. The Morgan fingerprint density at radius 3 is 2.64 bits per heavy atom. The van der Waals surface area contributed by atoms with Crippen molar-refractivity contribution >= 4 is 29.3 Å². The third-order valence-electron chi connectivity index (χ3n) is 2.68. The molecule has 4 nitrogen and oxygen atoms in total. The molecule has 2 rings (SSSR count). The zero-order chi connectivity index (χ0) is 16.1. The number of benzene rings is 2. The zero-order valence-electron chi connectivity index (χ0n) is 11.3. The van der Waals surface area contributed by atoms with E-state index in [1.54, 1.807) is 12.1 Å². The average molecular weight is 322 g/mol. The minimum Gasteiger partial charge on any atom is -0.366 e. The fraction of sp³-hybridized carbons (Fsp3) is 0.0667. The predicted molar refractivity (Wildman–Crippen MR) is 80.7 cm³/mol. The first-order chi connectivity index (χ1) is 10.5. The Bertz CT molecular complexity index is 722. The molecule has 2 aromatic rings. The second-order valence-corrected chi connectivity index (χ2v) is 5.37. The van der Waals surface area contributed by atoms with E-state index in [0.717, 1.165) is 30.0 Å². The van der Waals surface area contributed by atoms with Crippen LogP contribution in [0.3, 0.4) is 0 Å². The summed E-state index contributed by atoms with van der Waals surface area (Å²) in [5.41, 5.74) is 5.82. The fourth-order valence-corrected chi connectivity index (χ4v) is 2.44. The van der Waals surface area contributed by atoms with Gasteiger partial charge in [-0.2, -0.15) is 0 Å². The van der Waals surface area contributed by atoms with Crippen LogP contribution in [-0.2, 0) is 4.79 Å². The molecule has 2 aromatic carbocycles. The summed E-state index contributed by atoms with van der Waals surface area (Å²) in [4.78, 5) is 22.9. The van der Waals surface area contributed by atoms with Crippen LogP contribution in [0.1, 0.15) is 10.4 Å². The Hall–Kier alpha value is -2.41. The summed E-state index contributed by atoms with van der Waals surface area (Å²) in [6.07, 6.45) is 0. The Kier molecular flexibility index (Phi) is 5.11. The smallest absolute Gasteiger partial charge is 0.248 e. The van der Waals surface area contributed by atoms with Crippen molar-refractivity contribution in [3.8, 4) is 0 Å². The van der Waals surface area contributed by atoms with E-state index in [1.807, 2.05) is 0 Å². The first-order valence-corrected chi connectivity index (χ1v) is 7.22. The van der Waals surface area contributed by atoms with E-state index in [4.69, 9.17) is 5.73 Å². The molecule has 0 heterocycles. The van der Waals surface area contributed by atoms with Gasteiger partial charge in [0.25, 0.3) is 0 Å². The highest BCUT2D eigenvalue weighted by molar-refractivity contribution is 8.00. The molecule has 0 atom stereocenters. The standard InChI is InChI=1S/C15H12F2N2O2S/c16-10-4-5-12(17)13(7-10)22-8-14(20)19-11-3-1-2-9(6-11)15(18)21/h1-7H,8H2,(H2,18,21)(H,19,20). The number of amides is 2. The van der Waals surface area contributed by atoms with Crippen molar-refractivity contribution in [2.75, 3.05) is 11.1 Å². The van der Waals surface area contributed by atoms with E-state index in [1.165, 1.54) is 12.1 Å². The molecule has 0 radical (unpaired) electrons. The zero-order valence-corrected chi connectivity index (χ0v) is 12.1. The molecule has 0 aliphatic carbocycles. The number of primary amides is 1. The molecule has 7 heteroatoms. The molecule has 114 valence electrons. The van der Waals surface area contributed by atoms with Crippen LogP contribution >= 0.6 is 11.8 Å². The normalized spacial score (nSPS) is 10.3. The van der Waals surface area contributed by atoms with Crippen LogP contribution in [-0.4, -0.2) is 17.6 Å². The lowest BCUT2D eigenvalue weighted by molar-refractivity contribution is -0.113. The van der Waals surface area contributed by atoms with Crippen molar-refractivity contribution in [2.45, 2.75) is 4.90 Å². The summed E-state index contributed by atoms with van der Waals surface area (Å²) in [5.74, 6) is -2.27. The van der Waals surface area contributed by atoms with Crippen molar-refractivity contribution in [3.63, 3.8) is 0 Å². The average Bonchev–Trinajstić information content (AvgIpc) is 2.48. The van der Waals surface area contributed by atoms with Crippen LogP contribution in [0, 0.1) is 11.6 Å². The topological polar surface area (TPSA) is 72.2 Å². The minimum atomic E-state index is -0.604. The lowest BCUT2D eigenvalue weighted by Gasteiger charge is -2.07. The van der Waals surface area contributed by atoms with Crippen LogP contribution in [0.2, 0.25) is 0 Å². The molecule has 22 heavy (non-hydrogen) atoms. The first-order valence-electron chi connectivity index (χ1n) is 6.23. The molecule has 0 saturated carbocycles. The van der Waals surface area contributed by atoms with Gasteiger partial charge in [-0.05, 0) is 36.4 Å². The molecule has 0 saturated heterocycles. The van der Waals surface area contributed by atoms with Crippen molar-refractivity contribution in [1.29, 1.82) is 0 Å². The van der Waals surface area contributed by atoms with E-state index >= 15 is 0 Å². The van der Waals surface area contributed by atoms with Crippen molar-refractivity contribution in [3.05, 3.63) is 59.7 Å². The number of hydrogen-bond acceptors (Lipinski definition) is 3. The van der Waals surface area contributed by atoms with Gasteiger partial charge >= 0.3 is 0 Å². The summed E-state index contributed by atoms with van der Waals surface area (Å²) in [7, 11) is 0. The number of thioether (sulfide) groups is 1. The van der Waals surface area contributed by atoms with Gasteiger partial charge in [-0.3, -0.25) is 9.59 Å². The number of rotatable bonds is 5.